The van der Waals surface area contributed by atoms with Gasteiger partial charge in [-0.2, -0.15) is 0 Å². The number of aromatic nitrogens is 1. The third kappa shape index (κ3) is 4.76. The van der Waals surface area contributed by atoms with Gasteiger partial charge in [0.1, 0.15) is 0 Å². The summed E-state index contributed by atoms with van der Waals surface area (Å²) < 4.78 is 5.32. The zero-order chi connectivity index (χ0) is 20.4. The van der Waals surface area contributed by atoms with E-state index < -0.39 is 6.10 Å². The summed E-state index contributed by atoms with van der Waals surface area (Å²) in [5, 5.41) is 13.6. The summed E-state index contributed by atoms with van der Waals surface area (Å²) >= 11 is 0. The highest BCUT2D eigenvalue weighted by molar-refractivity contribution is 5.94. The fourth-order valence-corrected chi connectivity index (χ4v) is 4.77. The van der Waals surface area contributed by atoms with Crippen molar-refractivity contribution >= 4 is 11.8 Å². The topological polar surface area (TPSA) is 95.0 Å². The van der Waals surface area contributed by atoms with Gasteiger partial charge in [0, 0.05) is 38.1 Å². The van der Waals surface area contributed by atoms with Crippen molar-refractivity contribution in [1.29, 1.82) is 0 Å². The molecule has 3 fully saturated rings. The Labute approximate surface area is 171 Å². The summed E-state index contributed by atoms with van der Waals surface area (Å²) in [4.78, 5) is 33.3. The molecule has 0 spiro atoms. The minimum Gasteiger partial charge on any atom is -0.391 e. The predicted octanol–water partition coefficient (Wildman–Crippen LogP) is 0.0499. The van der Waals surface area contributed by atoms with Crippen LogP contribution in [0, 0.1) is 18.8 Å². The zero-order valence-corrected chi connectivity index (χ0v) is 16.9. The number of morpholine rings is 1. The van der Waals surface area contributed by atoms with Gasteiger partial charge in [-0.3, -0.25) is 19.5 Å². The van der Waals surface area contributed by atoms with E-state index in [4.69, 9.17) is 4.74 Å². The Bertz CT molecular complexity index is 735. The van der Waals surface area contributed by atoms with Crippen LogP contribution in [0.5, 0.6) is 0 Å². The van der Waals surface area contributed by atoms with Crippen molar-refractivity contribution in [2.75, 3.05) is 45.9 Å². The molecular formula is C21H30N4O4. The molecule has 1 saturated carbocycles. The number of pyridine rings is 1. The maximum absolute atomic E-state index is 12.5. The molecule has 8 heteroatoms. The van der Waals surface area contributed by atoms with Gasteiger partial charge in [-0.1, -0.05) is 0 Å². The van der Waals surface area contributed by atoms with Gasteiger partial charge in [0.2, 0.25) is 5.91 Å². The van der Waals surface area contributed by atoms with Gasteiger partial charge in [-0.05, 0) is 43.7 Å². The molecule has 2 N–H and O–H groups in total. The molecule has 2 amide bonds. The number of carbonyl (C=O) groups is 2. The first kappa shape index (κ1) is 20.3. The number of nitrogens with zero attached hydrogens (tertiary/aromatic N) is 3. The number of hydrogen-bond acceptors (Lipinski definition) is 6. The molecule has 0 unspecified atom stereocenters. The SMILES string of the molecule is Cc1ccc(C(=O)N[C@H]2C[C@H]3CN(CC(=O)N4CCOCC4)C[C@H]3C[C@@H]2O)cn1. The van der Waals surface area contributed by atoms with Crippen molar-refractivity contribution < 1.29 is 19.4 Å². The van der Waals surface area contributed by atoms with Gasteiger partial charge in [0.05, 0.1) is 37.5 Å². The number of fused-ring (bicyclic) bond motifs is 1. The van der Waals surface area contributed by atoms with Crippen LogP contribution in [0.3, 0.4) is 0 Å². The van der Waals surface area contributed by atoms with E-state index in [1.165, 1.54) is 0 Å². The number of carbonyl (C=O) groups excluding carboxylic acids is 2. The van der Waals surface area contributed by atoms with E-state index >= 15 is 0 Å². The highest BCUT2D eigenvalue weighted by atomic mass is 16.5. The Morgan fingerprint density at radius 3 is 2.62 bits per heavy atom. The Morgan fingerprint density at radius 1 is 1.21 bits per heavy atom. The lowest BCUT2D eigenvalue weighted by molar-refractivity contribution is -0.136. The third-order valence-electron chi connectivity index (χ3n) is 6.43. The Kier molecular flexibility index (Phi) is 6.12. The number of hydrogen-bond donors (Lipinski definition) is 2. The lowest BCUT2D eigenvalue weighted by Crippen LogP contribution is -2.49. The molecular weight excluding hydrogens is 372 g/mol. The van der Waals surface area contributed by atoms with Crippen LogP contribution < -0.4 is 5.32 Å². The maximum atomic E-state index is 12.5. The molecule has 3 aliphatic rings. The van der Waals surface area contributed by atoms with Gasteiger partial charge in [-0.15, -0.1) is 0 Å². The summed E-state index contributed by atoms with van der Waals surface area (Å²) in [6, 6.07) is 3.30. The number of aryl methyl sites for hydroxylation is 1. The zero-order valence-electron chi connectivity index (χ0n) is 16.9. The van der Waals surface area contributed by atoms with E-state index in [0.29, 0.717) is 56.7 Å². The van der Waals surface area contributed by atoms with Crippen LogP contribution in [0.2, 0.25) is 0 Å². The van der Waals surface area contributed by atoms with Crippen molar-refractivity contribution in [1.82, 2.24) is 20.1 Å². The van der Waals surface area contributed by atoms with E-state index in [2.05, 4.69) is 15.2 Å². The fourth-order valence-electron chi connectivity index (χ4n) is 4.77. The van der Waals surface area contributed by atoms with Gasteiger partial charge in [-0.25, -0.2) is 0 Å². The van der Waals surface area contributed by atoms with E-state index in [0.717, 1.165) is 25.2 Å². The summed E-state index contributed by atoms with van der Waals surface area (Å²) in [5.74, 6) is 0.718. The van der Waals surface area contributed by atoms with Crippen LogP contribution in [-0.4, -0.2) is 89.8 Å². The highest BCUT2D eigenvalue weighted by Gasteiger charge is 2.42. The van der Waals surface area contributed by atoms with Crippen LogP contribution in [-0.2, 0) is 9.53 Å². The second-order valence-corrected chi connectivity index (χ2v) is 8.51. The quantitative estimate of drug-likeness (QED) is 0.739. The number of rotatable bonds is 4. The first-order valence-corrected chi connectivity index (χ1v) is 10.5. The van der Waals surface area contributed by atoms with Crippen molar-refractivity contribution in [2.24, 2.45) is 11.8 Å². The van der Waals surface area contributed by atoms with E-state index in [-0.39, 0.29) is 17.9 Å². The molecule has 4 atom stereocenters. The lowest BCUT2D eigenvalue weighted by Gasteiger charge is -2.35. The van der Waals surface area contributed by atoms with Crippen LogP contribution in [0.1, 0.15) is 28.9 Å². The molecule has 0 bridgehead atoms. The Hall–Kier alpha value is -2.03. The van der Waals surface area contributed by atoms with Crippen LogP contribution in [0.4, 0.5) is 0 Å². The van der Waals surface area contributed by atoms with Gasteiger partial charge in [0.25, 0.3) is 5.91 Å². The smallest absolute Gasteiger partial charge is 0.253 e. The van der Waals surface area contributed by atoms with Gasteiger partial charge in [0.15, 0.2) is 0 Å². The number of amides is 2. The van der Waals surface area contributed by atoms with E-state index in [1.807, 2.05) is 17.9 Å². The Balaban J connectivity index is 1.31. The van der Waals surface area contributed by atoms with E-state index in [1.54, 1.807) is 12.3 Å². The third-order valence-corrected chi connectivity index (χ3v) is 6.43. The number of aliphatic hydroxyl groups is 1. The van der Waals surface area contributed by atoms with E-state index in [9.17, 15) is 14.7 Å². The summed E-state index contributed by atoms with van der Waals surface area (Å²) in [7, 11) is 0. The second-order valence-electron chi connectivity index (χ2n) is 8.51. The van der Waals surface area contributed by atoms with Crippen molar-refractivity contribution in [3.8, 4) is 0 Å². The van der Waals surface area contributed by atoms with Crippen molar-refractivity contribution in [3.05, 3.63) is 29.6 Å². The normalized spacial score (nSPS) is 30.1. The minimum atomic E-state index is -0.562. The summed E-state index contributed by atoms with van der Waals surface area (Å²) in [6.45, 7) is 6.53. The molecule has 3 heterocycles. The number of ether oxygens (including phenoxy) is 1. The molecule has 4 rings (SSSR count). The average Bonchev–Trinajstić information content (AvgIpc) is 3.10. The molecule has 29 heavy (non-hydrogen) atoms. The molecule has 2 saturated heterocycles. The molecule has 0 radical (unpaired) electrons. The second kappa shape index (κ2) is 8.77. The Morgan fingerprint density at radius 2 is 1.93 bits per heavy atom. The number of aliphatic hydroxyl groups excluding tert-OH is 1. The summed E-state index contributed by atoms with van der Waals surface area (Å²) in [6.07, 6.45) is 2.40. The van der Waals surface area contributed by atoms with Gasteiger partial charge < -0.3 is 20.1 Å². The highest BCUT2D eigenvalue weighted by Crippen LogP contribution is 2.36. The molecule has 8 nitrogen and oxygen atoms in total. The predicted molar refractivity (Wildman–Crippen MR) is 106 cm³/mol. The van der Waals surface area contributed by atoms with Crippen LogP contribution in [0.25, 0.3) is 0 Å². The monoisotopic (exact) mass is 402 g/mol. The van der Waals surface area contributed by atoms with Crippen LogP contribution >= 0.6 is 0 Å². The summed E-state index contributed by atoms with van der Waals surface area (Å²) in [5.41, 5.74) is 1.37. The van der Waals surface area contributed by atoms with Gasteiger partial charge >= 0.3 is 0 Å². The largest absolute Gasteiger partial charge is 0.391 e. The molecule has 1 aromatic heterocycles. The molecule has 2 aliphatic heterocycles. The van der Waals surface area contributed by atoms with Crippen LogP contribution in [0.15, 0.2) is 18.3 Å². The first-order valence-electron chi connectivity index (χ1n) is 10.5. The molecule has 158 valence electrons. The number of nitrogens with one attached hydrogen (secondary N) is 1. The fraction of sp³-hybridized carbons (Fsp3) is 0.667. The molecule has 0 aromatic carbocycles. The van der Waals surface area contributed by atoms with Crippen molar-refractivity contribution in [2.45, 2.75) is 31.9 Å². The van der Waals surface area contributed by atoms with Crippen molar-refractivity contribution in [3.63, 3.8) is 0 Å². The minimum absolute atomic E-state index is 0.157. The molecule has 1 aliphatic carbocycles. The molecule has 1 aromatic rings. The average molecular weight is 402 g/mol. The lowest BCUT2D eigenvalue weighted by atomic mass is 9.77. The first-order chi connectivity index (χ1) is 14.0. The maximum Gasteiger partial charge on any atom is 0.253 e. The standard InChI is InChI=1S/C21H30N4O4/c1-14-2-3-15(10-22-14)21(28)23-18-8-16-11-24(12-17(16)9-19(18)26)13-20(27)25-4-6-29-7-5-25/h2-3,10,16-19,26H,4-9,11-13H2,1H3,(H,23,28)/t16-,17+,18-,19-/m0/s1. The number of likely N-dealkylation sites (tertiary alicyclic amines) is 1.